The number of benzene rings is 2. The first-order valence-corrected chi connectivity index (χ1v) is 12.4. The molecule has 39 heavy (non-hydrogen) atoms. The van der Waals surface area contributed by atoms with E-state index in [2.05, 4.69) is 15.3 Å². The highest BCUT2D eigenvalue weighted by atomic mass is 32.2. The van der Waals surface area contributed by atoms with Gasteiger partial charge in [-0.05, 0) is 72.0 Å². The van der Waals surface area contributed by atoms with Crippen molar-refractivity contribution in [2.45, 2.75) is 35.7 Å². The molecule has 4 nitrogen and oxygen atoms in total. The lowest BCUT2D eigenvalue weighted by Gasteiger charge is -2.15. The molecule has 1 amide bonds. The first-order chi connectivity index (χ1) is 18.4. The number of halogens is 6. The van der Waals surface area contributed by atoms with Crippen molar-refractivity contribution < 1.29 is 31.1 Å². The SMILES string of the molecule is Cc1ccccc1-c1cc(Sc2ccccn2)ncc1C(=O)NCCc1cc(C(F)(F)F)cc(C(F)(F)F)c1. The zero-order chi connectivity index (χ0) is 28.2. The van der Waals surface area contributed by atoms with E-state index in [9.17, 15) is 31.1 Å². The zero-order valence-electron chi connectivity index (χ0n) is 20.4. The molecule has 0 aliphatic carbocycles. The molecular formula is C28H21F6N3OS. The third-order valence-electron chi connectivity index (χ3n) is 5.75. The molecule has 0 atom stereocenters. The van der Waals surface area contributed by atoms with Crippen LogP contribution in [0.4, 0.5) is 26.3 Å². The van der Waals surface area contributed by atoms with Crippen molar-refractivity contribution in [2.75, 3.05) is 6.54 Å². The number of carbonyl (C=O) groups is 1. The van der Waals surface area contributed by atoms with Gasteiger partial charge in [0.25, 0.3) is 5.91 Å². The summed E-state index contributed by atoms with van der Waals surface area (Å²) in [6.07, 6.45) is -7.08. The summed E-state index contributed by atoms with van der Waals surface area (Å²) in [5.74, 6) is -0.557. The highest BCUT2D eigenvalue weighted by molar-refractivity contribution is 7.99. The molecule has 2 heterocycles. The van der Waals surface area contributed by atoms with Gasteiger partial charge in [-0.3, -0.25) is 4.79 Å². The highest BCUT2D eigenvalue weighted by Crippen LogP contribution is 2.36. The van der Waals surface area contributed by atoms with Crippen LogP contribution in [0, 0.1) is 6.92 Å². The maximum atomic E-state index is 13.2. The van der Waals surface area contributed by atoms with E-state index < -0.39 is 29.4 Å². The molecule has 202 valence electrons. The average Bonchev–Trinajstić information content (AvgIpc) is 2.88. The number of amides is 1. The summed E-state index contributed by atoms with van der Waals surface area (Å²) in [7, 11) is 0. The fraction of sp³-hybridized carbons (Fsp3) is 0.179. The summed E-state index contributed by atoms with van der Waals surface area (Å²) in [5.41, 5.74) is -0.517. The molecule has 0 bridgehead atoms. The van der Waals surface area contributed by atoms with E-state index in [1.807, 2.05) is 43.3 Å². The number of aromatic nitrogens is 2. The average molecular weight is 562 g/mol. The van der Waals surface area contributed by atoms with Crippen LogP contribution in [0.15, 0.2) is 89.2 Å². The van der Waals surface area contributed by atoms with E-state index in [0.29, 0.717) is 27.7 Å². The van der Waals surface area contributed by atoms with Crippen LogP contribution in [-0.4, -0.2) is 22.4 Å². The Morgan fingerprint density at radius 2 is 1.49 bits per heavy atom. The van der Waals surface area contributed by atoms with Gasteiger partial charge in [0.05, 0.1) is 16.7 Å². The molecule has 0 unspecified atom stereocenters. The normalized spacial score (nSPS) is 11.9. The number of carbonyl (C=O) groups excluding carboxylic acids is 1. The Bertz CT molecular complexity index is 1440. The van der Waals surface area contributed by atoms with Crippen molar-refractivity contribution in [3.05, 3.63) is 107 Å². The van der Waals surface area contributed by atoms with E-state index in [1.165, 1.54) is 18.0 Å². The lowest BCUT2D eigenvalue weighted by Crippen LogP contribution is -2.26. The number of nitrogens with zero attached hydrogens (tertiary/aromatic N) is 2. The molecule has 0 fully saturated rings. The van der Waals surface area contributed by atoms with Crippen LogP contribution >= 0.6 is 11.8 Å². The Labute approximate surface area is 224 Å². The number of aryl methyl sites for hydroxylation is 1. The lowest BCUT2D eigenvalue weighted by molar-refractivity contribution is -0.143. The predicted octanol–water partition coefficient (Wildman–Crippen LogP) is 7.61. The fourth-order valence-corrected chi connectivity index (χ4v) is 4.62. The first-order valence-electron chi connectivity index (χ1n) is 11.6. The summed E-state index contributed by atoms with van der Waals surface area (Å²) in [6, 6.07) is 16.0. The van der Waals surface area contributed by atoms with Gasteiger partial charge in [0.1, 0.15) is 10.1 Å². The summed E-state index contributed by atoms with van der Waals surface area (Å²) in [5, 5.41) is 3.90. The first kappa shape index (κ1) is 28.2. The second-order valence-corrected chi connectivity index (χ2v) is 9.61. The molecule has 0 radical (unpaired) electrons. The maximum absolute atomic E-state index is 13.2. The van der Waals surface area contributed by atoms with Gasteiger partial charge in [-0.2, -0.15) is 26.3 Å². The zero-order valence-corrected chi connectivity index (χ0v) is 21.2. The Hall–Kier alpha value is -3.86. The highest BCUT2D eigenvalue weighted by Gasteiger charge is 2.36. The van der Waals surface area contributed by atoms with Crippen LogP contribution in [0.2, 0.25) is 0 Å². The largest absolute Gasteiger partial charge is 0.416 e. The van der Waals surface area contributed by atoms with Gasteiger partial charge in [0, 0.05) is 18.9 Å². The van der Waals surface area contributed by atoms with Gasteiger partial charge in [0.2, 0.25) is 0 Å². The van der Waals surface area contributed by atoms with E-state index in [0.717, 1.165) is 11.1 Å². The quantitative estimate of drug-likeness (QED) is 0.236. The van der Waals surface area contributed by atoms with Crippen LogP contribution in [0.5, 0.6) is 0 Å². The number of hydrogen-bond donors (Lipinski definition) is 1. The van der Waals surface area contributed by atoms with Crippen LogP contribution in [0.25, 0.3) is 11.1 Å². The van der Waals surface area contributed by atoms with Gasteiger partial charge >= 0.3 is 12.4 Å². The summed E-state index contributed by atoms with van der Waals surface area (Å²) in [6.45, 7) is 1.70. The third kappa shape index (κ3) is 7.17. The van der Waals surface area contributed by atoms with Gasteiger partial charge in [0.15, 0.2) is 0 Å². The Morgan fingerprint density at radius 1 is 0.821 bits per heavy atom. The Balaban J connectivity index is 1.58. The second kappa shape index (κ2) is 11.5. The van der Waals surface area contributed by atoms with Gasteiger partial charge in [-0.25, -0.2) is 9.97 Å². The third-order valence-corrected chi connectivity index (χ3v) is 6.64. The molecule has 0 spiro atoms. The molecule has 0 aliphatic rings. The molecular weight excluding hydrogens is 540 g/mol. The van der Waals surface area contributed by atoms with Crippen molar-refractivity contribution in [3.8, 4) is 11.1 Å². The molecule has 2 aromatic carbocycles. The van der Waals surface area contributed by atoms with Gasteiger partial charge in [-0.15, -0.1) is 0 Å². The van der Waals surface area contributed by atoms with Crippen LogP contribution in [-0.2, 0) is 18.8 Å². The minimum Gasteiger partial charge on any atom is -0.352 e. The van der Waals surface area contributed by atoms with Crippen molar-refractivity contribution in [2.24, 2.45) is 0 Å². The van der Waals surface area contributed by atoms with Crippen LogP contribution in [0.3, 0.4) is 0 Å². The minimum absolute atomic E-state index is 0.0761. The molecule has 4 rings (SSSR count). The molecule has 0 saturated heterocycles. The summed E-state index contributed by atoms with van der Waals surface area (Å²) < 4.78 is 79.0. The predicted molar refractivity (Wildman–Crippen MR) is 135 cm³/mol. The van der Waals surface area contributed by atoms with Gasteiger partial charge < -0.3 is 5.32 Å². The van der Waals surface area contributed by atoms with Crippen molar-refractivity contribution in [1.29, 1.82) is 0 Å². The molecule has 0 aliphatic heterocycles. The van der Waals surface area contributed by atoms with Crippen molar-refractivity contribution in [1.82, 2.24) is 15.3 Å². The maximum Gasteiger partial charge on any atom is 0.416 e. The molecule has 0 saturated carbocycles. The molecule has 11 heteroatoms. The summed E-state index contributed by atoms with van der Waals surface area (Å²) in [4.78, 5) is 21.8. The minimum atomic E-state index is -4.94. The van der Waals surface area contributed by atoms with Crippen molar-refractivity contribution >= 4 is 17.7 Å². The molecule has 4 aromatic rings. The van der Waals surface area contributed by atoms with E-state index in [-0.39, 0.29) is 30.2 Å². The standard InChI is InChI=1S/C28H21F6N3OS/c1-17-6-2-3-7-21(17)22-15-25(39-24-8-4-5-10-35-24)37-16-23(22)26(38)36-11-9-18-12-19(27(29,30)31)14-20(13-18)28(32,33)34/h2-8,10,12-16H,9,11H2,1H3,(H,36,38). The van der Waals surface area contributed by atoms with E-state index in [4.69, 9.17) is 0 Å². The fourth-order valence-electron chi connectivity index (χ4n) is 3.86. The van der Waals surface area contributed by atoms with Crippen LogP contribution in [0.1, 0.15) is 32.6 Å². The number of nitrogens with one attached hydrogen (secondary N) is 1. The molecule has 2 aromatic heterocycles. The van der Waals surface area contributed by atoms with Crippen molar-refractivity contribution in [3.63, 3.8) is 0 Å². The Kier molecular flexibility index (Phi) is 8.29. The summed E-state index contributed by atoms with van der Waals surface area (Å²) >= 11 is 1.31. The van der Waals surface area contributed by atoms with Gasteiger partial charge in [-0.1, -0.05) is 42.1 Å². The monoisotopic (exact) mass is 561 g/mol. The Morgan fingerprint density at radius 3 is 2.10 bits per heavy atom. The smallest absolute Gasteiger partial charge is 0.352 e. The number of rotatable bonds is 7. The number of pyridine rings is 2. The molecule has 1 N–H and O–H groups in total. The van der Waals surface area contributed by atoms with Crippen LogP contribution < -0.4 is 5.32 Å². The number of hydrogen-bond acceptors (Lipinski definition) is 4. The number of alkyl halides is 6. The second-order valence-electron chi connectivity index (χ2n) is 8.57. The lowest BCUT2D eigenvalue weighted by atomic mass is 9.97. The van der Waals surface area contributed by atoms with E-state index in [1.54, 1.807) is 18.3 Å². The topological polar surface area (TPSA) is 54.9 Å². The van der Waals surface area contributed by atoms with E-state index >= 15 is 0 Å².